The lowest BCUT2D eigenvalue weighted by Crippen LogP contribution is -2.24. The summed E-state index contributed by atoms with van der Waals surface area (Å²) in [5, 5.41) is 0. The predicted molar refractivity (Wildman–Crippen MR) is 118 cm³/mol. The van der Waals surface area contributed by atoms with E-state index in [0.717, 1.165) is 45.3 Å². The Morgan fingerprint density at radius 3 is 1.81 bits per heavy atom. The average molecular weight is 384 g/mol. The molecule has 0 aromatic rings. The Bertz CT molecular complexity index is 316. The van der Waals surface area contributed by atoms with Crippen LogP contribution >= 0.6 is 0 Å². The molecule has 3 heteroatoms. The van der Waals surface area contributed by atoms with Crippen LogP contribution in [0.4, 0.5) is 0 Å². The van der Waals surface area contributed by atoms with Gasteiger partial charge in [-0.05, 0) is 51.7 Å². The highest BCUT2D eigenvalue weighted by Crippen LogP contribution is 2.15. The number of rotatable bonds is 20. The summed E-state index contributed by atoms with van der Waals surface area (Å²) >= 11 is 0. The van der Waals surface area contributed by atoms with Crippen LogP contribution in [0.1, 0.15) is 124 Å². The second-order valence-corrected chi connectivity index (χ2v) is 7.97. The van der Waals surface area contributed by atoms with E-state index in [0.29, 0.717) is 6.42 Å². The molecular formula is C24H49NO2. The summed E-state index contributed by atoms with van der Waals surface area (Å²) in [6.45, 7) is 12.1. The van der Waals surface area contributed by atoms with Gasteiger partial charge in [-0.2, -0.15) is 0 Å². The lowest BCUT2D eigenvalue weighted by molar-refractivity contribution is -0.149. The standard InChI is InChI=1S/C24H49NO2/c1-5-9-10-11-12-13-14-15-16-17-20-23(6-2)27-24(26)21-18-19-22-25(7-3)8-4/h23H,5-22H2,1-4H3. The minimum atomic E-state index is 0.00785. The Morgan fingerprint density at radius 2 is 1.30 bits per heavy atom. The highest BCUT2D eigenvalue weighted by atomic mass is 16.5. The van der Waals surface area contributed by atoms with Gasteiger partial charge >= 0.3 is 5.97 Å². The minimum Gasteiger partial charge on any atom is -0.462 e. The number of carbonyl (C=O) groups is 1. The van der Waals surface area contributed by atoms with E-state index in [-0.39, 0.29) is 12.1 Å². The van der Waals surface area contributed by atoms with E-state index in [1.54, 1.807) is 0 Å². The number of esters is 1. The second kappa shape index (κ2) is 20.2. The van der Waals surface area contributed by atoms with Crippen molar-refractivity contribution in [2.75, 3.05) is 19.6 Å². The van der Waals surface area contributed by atoms with Crippen molar-refractivity contribution in [3.8, 4) is 0 Å². The smallest absolute Gasteiger partial charge is 0.306 e. The van der Waals surface area contributed by atoms with E-state index in [2.05, 4.69) is 32.6 Å². The van der Waals surface area contributed by atoms with Gasteiger partial charge in [0.2, 0.25) is 0 Å². The summed E-state index contributed by atoms with van der Waals surface area (Å²) in [5.74, 6) is 0.00785. The largest absolute Gasteiger partial charge is 0.462 e. The van der Waals surface area contributed by atoms with E-state index in [9.17, 15) is 4.79 Å². The SMILES string of the molecule is CCCCCCCCCCCCC(CC)OC(=O)CCCCN(CC)CC. The van der Waals surface area contributed by atoms with Crippen molar-refractivity contribution >= 4 is 5.97 Å². The van der Waals surface area contributed by atoms with Gasteiger partial charge in [-0.3, -0.25) is 4.79 Å². The van der Waals surface area contributed by atoms with Crippen LogP contribution in [0.3, 0.4) is 0 Å². The average Bonchev–Trinajstić information content (AvgIpc) is 2.68. The number of hydrogen-bond donors (Lipinski definition) is 0. The zero-order chi connectivity index (χ0) is 20.2. The van der Waals surface area contributed by atoms with E-state index in [1.165, 1.54) is 64.2 Å². The fourth-order valence-electron chi connectivity index (χ4n) is 3.60. The van der Waals surface area contributed by atoms with Gasteiger partial charge in [-0.15, -0.1) is 0 Å². The molecule has 3 nitrogen and oxygen atoms in total. The molecule has 0 rings (SSSR count). The second-order valence-electron chi connectivity index (χ2n) is 7.97. The molecule has 0 aliphatic rings. The molecule has 0 saturated carbocycles. The molecule has 0 aliphatic heterocycles. The van der Waals surface area contributed by atoms with E-state index in [1.807, 2.05) is 0 Å². The molecule has 0 fully saturated rings. The van der Waals surface area contributed by atoms with Crippen LogP contribution in [0.25, 0.3) is 0 Å². The van der Waals surface area contributed by atoms with Crippen molar-refractivity contribution < 1.29 is 9.53 Å². The molecule has 0 aromatic carbocycles. The van der Waals surface area contributed by atoms with Gasteiger partial charge in [0.1, 0.15) is 6.10 Å². The molecule has 0 spiro atoms. The van der Waals surface area contributed by atoms with Crippen LogP contribution in [0, 0.1) is 0 Å². The van der Waals surface area contributed by atoms with Crippen LogP contribution in [-0.4, -0.2) is 36.6 Å². The van der Waals surface area contributed by atoms with E-state index < -0.39 is 0 Å². The van der Waals surface area contributed by atoms with Gasteiger partial charge in [0.15, 0.2) is 0 Å². The fraction of sp³-hybridized carbons (Fsp3) is 0.958. The monoisotopic (exact) mass is 383 g/mol. The van der Waals surface area contributed by atoms with Crippen molar-refractivity contribution in [1.29, 1.82) is 0 Å². The third kappa shape index (κ3) is 17.3. The maximum atomic E-state index is 12.0. The number of ether oxygens (including phenoxy) is 1. The van der Waals surface area contributed by atoms with Crippen molar-refractivity contribution in [3.05, 3.63) is 0 Å². The molecule has 162 valence electrons. The summed E-state index contributed by atoms with van der Waals surface area (Å²) in [4.78, 5) is 14.5. The van der Waals surface area contributed by atoms with Gasteiger partial charge < -0.3 is 9.64 Å². The highest BCUT2D eigenvalue weighted by molar-refractivity contribution is 5.69. The number of nitrogens with zero attached hydrogens (tertiary/aromatic N) is 1. The summed E-state index contributed by atoms with van der Waals surface area (Å²) in [7, 11) is 0. The molecule has 0 aliphatic carbocycles. The first-order chi connectivity index (χ1) is 13.2. The van der Waals surface area contributed by atoms with Crippen LogP contribution in [0.15, 0.2) is 0 Å². The van der Waals surface area contributed by atoms with Crippen molar-refractivity contribution in [3.63, 3.8) is 0 Å². The molecule has 1 atom stereocenters. The Morgan fingerprint density at radius 1 is 0.741 bits per heavy atom. The maximum Gasteiger partial charge on any atom is 0.306 e. The Hall–Kier alpha value is -0.570. The van der Waals surface area contributed by atoms with Gasteiger partial charge in [0.25, 0.3) is 0 Å². The van der Waals surface area contributed by atoms with Crippen LogP contribution in [-0.2, 0) is 9.53 Å². The van der Waals surface area contributed by atoms with Crippen LogP contribution in [0.2, 0.25) is 0 Å². The lowest BCUT2D eigenvalue weighted by atomic mass is 10.0. The third-order valence-corrected chi connectivity index (χ3v) is 5.63. The van der Waals surface area contributed by atoms with Gasteiger partial charge in [-0.1, -0.05) is 85.5 Å². The molecule has 0 saturated heterocycles. The molecule has 27 heavy (non-hydrogen) atoms. The van der Waals surface area contributed by atoms with Gasteiger partial charge in [-0.25, -0.2) is 0 Å². The molecule has 1 unspecified atom stereocenters. The topological polar surface area (TPSA) is 29.5 Å². The highest BCUT2D eigenvalue weighted by Gasteiger charge is 2.12. The summed E-state index contributed by atoms with van der Waals surface area (Å²) < 4.78 is 5.69. The fourth-order valence-corrected chi connectivity index (χ4v) is 3.60. The summed E-state index contributed by atoms with van der Waals surface area (Å²) in [6.07, 6.45) is 18.3. The van der Waals surface area contributed by atoms with Crippen molar-refractivity contribution in [2.45, 2.75) is 130 Å². The summed E-state index contributed by atoms with van der Waals surface area (Å²) in [5.41, 5.74) is 0. The number of hydrogen-bond acceptors (Lipinski definition) is 3. The first-order valence-electron chi connectivity index (χ1n) is 12.1. The normalized spacial score (nSPS) is 12.5. The van der Waals surface area contributed by atoms with E-state index in [4.69, 9.17) is 4.74 Å². The zero-order valence-electron chi connectivity index (χ0n) is 19.1. The Balaban J connectivity index is 3.58. The molecular weight excluding hydrogens is 334 g/mol. The maximum absolute atomic E-state index is 12.0. The van der Waals surface area contributed by atoms with Crippen LogP contribution < -0.4 is 0 Å². The Labute approximate surface area is 170 Å². The number of carbonyl (C=O) groups excluding carboxylic acids is 1. The number of unbranched alkanes of at least 4 members (excludes halogenated alkanes) is 10. The van der Waals surface area contributed by atoms with Crippen molar-refractivity contribution in [1.82, 2.24) is 4.90 Å². The molecule has 0 heterocycles. The summed E-state index contributed by atoms with van der Waals surface area (Å²) in [6, 6.07) is 0. The predicted octanol–water partition coefficient (Wildman–Crippen LogP) is 7.13. The minimum absolute atomic E-state index is 0.00785. The van der Waals surface area contributed by atoms with Crippen molar-refractivity contribution in [2.24, 2.45) is 0 Å². The quantitative estimate of drug-likeness (QED) is 0.165. The zero-order valence-corrected chi connectivity index (χ0v) is 19.1. The lowest BCUT2D eigenvalue weighted by Gasteiger charge is -2.18. The molecule has 0 bridgehead atoms. The third-order valence-electron chi connectivity index (χ3n) is 5.63. The van der Waals surface area contributed by atoms with Gasteiger partial charge in [0, 0.05) is 6.42 Å². The van der Waals surface area contributed by atoms with Crippen LogP contribution in [0.5, 0.6) is 0 Å². The molecule has 0 radical (unpaired) electrons. The Kier molecular flexibility index (Phi) is 19.7. The molecule has 0 N–H and O–H groups in total. The molecule has 0 amide bonds. The molecule has 0 aromatic heterocycles. The first-order valence-corrected chi connectivity index (χ1v) is 12.1. The van der Waals surface area contributed by atoms with E-state index >= 15 is 0 Å². The van der Waals surface area contributed by atoms with Gasteiger partial charge in [0.05, 0.1) is 0 Å². The first kappa shape index (κ1) is 26.4.